The molecule has 0 aromatic heterocycles. The van der Waals surface area contributed by atoms with Crippen molar-refractivity contribution in [1.29, 1.82) is 0 Å². The molecule has 1 N–H and O–H groups in total. The van der Waals surface area contributed by atoms with Crippen LogP contribution in [0.2, 0.25) is 0 Å². The van der Waals surface area contributed by atoms with E-state index < -0.39 is 0 Å². The Labute approximate surface area is 173 Å². The van der Waals surface area contributed by atoms with Gasteiger partial charge in [-0.25, -0.2) is 0 Å². The zero-order valence-electron chi connectivity index (χ0n) is 15.6. The average Bonchev–Trinajstić information content (AvgIpc) is 3.07. The molecule has 28 heavy (non-hydrogen) atoms. The molecule has 1 atom stereocenters. The minimum absolute atomic E-state index is 0.0454. The van der Waals surface area contributed by atoms with Crippen LogP contribution in [-0.2, 0) is 9.59 Å². The normalized spacial score (nSPS) is 15.7. The minimum atomic E-state index is -0.364. The number of nitrogens with zero attached hydrogens (tertiary/aromatic N) is 1. The highest BCUT2D eigenvalue weighted by molar-refractivity contribution is 9.10. The minimum Gasteiger partial charge on any atom is -0.481 e. The Kier molecular flexibility index (Phi) is 6.72. The molecule has 6 heteroatoms. The molecule has 2 amide bonds. The van der Waals surface area contributed by atoms with Crippen LogP contribution in [0, 0.1) is 24.7 Å². The molecule has 1 aliphatic heterocycles. The lowest BCUT2D eigenvalue weighted by Crippen LogP contribution is -2.33. The Morgan fingerprint density at radius 3 is 2.86 bits per heavy atom. The fraction of sp³-hybridized carbons (Fsp3) is 0.273. The molecule has 0 aliphatic carbocycles. The van der Waals surface area contributed by atoms with Crippen LogP contribution in [0.1, 0.15) is 12.0 Å². The van der Waals surface area contributed by atoms with Crippen LogP contribution >= 0.6 is 15.9 Å². The molecule has 2 aromatic carbocycles. The second-order valence-corrected chi connectivity index (χ2v) is 7.43. The maximum atomic E-state index is 12.3. The molecule has 1 unspecified atom stereocenters. The van der Waals surface area contributed by atoms with Gasteiger partial charge in [-0.3, -0.25) is 9.59 Å². The van der Waals surface area contributed by atoms with Gasteiger partial charge in [0.2, 0.25) is 11.8 Å². The summed E-state index contributed by atoms with van der Waals surface area (Å²) in [6, 6.07) is 15.2. The number of halogens is 1. The predicted octanol–water partition coefficient (Wildman–Crippen LogP) is 3.31. The number of carbonyl (C=O) groups excluding carboxylic acids is 2. The third kappa shape index (κ3) is 5.14. The third-order valence-electron chi connectivity index (χ3n) is 4.49. The molecule has 0 radical (unpaired) electrons. The van der Waals surface area contributed by atoms with Gasteiger partial charge in [0.05, 0.1) is 12.5 Å². The number of carbonyl (C=O) groups is 2. The second-order valence-electron chi connectivity index (χ2n) is 6.51. The number of anilines is 1. The van der Waals surface area contributed by atoms with Gasteiger partial charge in [0, 0.05) is 23.1 Å². The van der Waals surface area contributed by atoms with Crippen LogP contribution in [0.5, 0.6) is 5.75 Å². The lowest BCUT2D eigenvalue weighted by Gasteiger charge is -2.16. The molecule has 0 bridgehead atoms. The number of aryl methyl sites for hydroxylation is 1. The first-order chi connectivity index (χ1) is 13.5. The van der Waals surface area contributed by atoms with E-state index in [-0.39, 0.29) is 37.3 Å². The molecular weight excluding hydrogens is 420 g/mol. The summed E-state index contributed by atoms with van der Waals surface area (Å²) in [7, 11) is 0. The summed E-state index contributed by atoms with van der Waals surface area (Å²) in [6.07, 6.45) is 0.210. The van der Waals surface area contributed by atoms with Crippen LogP contribution in [0.4, 0.5) is 5.69 Å². The molecule has 3 rings (SSSR count). The summed E-state index contributed by atoms with van der Waals surface area (Å²) in [4.78, 5) is 26.2. The standard InChI is InChI=1S/C22H21BrN2O3/c1-16-7-2-3-10-20(16)28-12-5-4-11-24-22(27)17-13-21(26)25(15-17)19-9-6-8-18(23)14-19/h2-3,6-10,14,17H,11-13,15H2,1H3,(H,24,27). The van der Waals surface area contributed by atoms with E-state index >= 15 is 0 Å². The van der Waals surface area contributed by atoms with E-state index in [0.29, 0.717) is 6.54 Å². The van der Waals surface area contributed by atoms with Gasteiger partial charge in [-0.1, -0.05) is 52.0 Å². The highest BCUT2D eigenvalue weighted by atomic mass is 79.9. The Hall–Kier alpha value is -2.78. The summed E-state index contributed by atoms with van der Waals surface area (Å²) >= 11 is 3.40. The average molecular weight is 441 g/mol. The lowest BCUT2D eigenvalue weighted by atomic mass is 10.1. The van der Waals surface area contributed by atoms with Gasteiger partial charge < -0.3 is 15.0 Å². The molecular formula is C22H21BrN2O3. The quantitative estimate of drug-likeness (QED) is 0.725. The van der Waals surface area contributed by atoms with Crippen molar-refractivity contribution < 1.29 is 14.3 Å². The largest absolute Gasteiger partial charge is 0.481 e. The molecule has 0 spiro atoms. The van der Waals surface area contributed by atoms with Gasteiger partial charge in [0.1, 0.15) is 12.4 Å². The highest BCUT2D eigenvalue weighted by Gasteiger charge is 2.34. The first-order valence-corrected chi connectivity index (χ1v) is 9.81. The molecule has 5 nitrogen and oxygen atoms in total. The Morgan fingerprint density at radius 1 is 1.25 bits per heavy atom. The number of benzene rings is 2. The van der Waals surface area contributed by atoms with E-state index in [2.05, 4.69) is 33.1 Å². The Bertz CT molecular complexity index is 933. The van der Waals surface area contributed by atoms with Crippen LogP contribution in [0.25, 0.3) is 0 Å². The number of rotatable bonds is 5. The first-order valence-electron chi connectivity index (χ1n) is 9.02. The van der Waals surface area contributed by atoms with E-state index in [0.717, 1.165) is 21.5 Å². The number of para-hydroxylation sites is 1. The molecule has 1 heterocycles. The smallest absolute Gasteiger partial charge is 0.227 e. The van der Waals surface area contributed by atoms with Gasteiger partial charge in [-0.15, -0.1) is 0 Å². The number of ether oxygens (including phenoxy) is 1. The van der Waals surface area contributed by atoms with Crippen molar-refractivity contribution >= 4 is 33.4 Å². The van der Waals surface area contributed by atoms with Crippen molar-refractivity contribution in [2.75, 3.05) is 24.6 Å². The lowest BCUT2D eigenvalue weighted by molar-refractivity contribution is -0.126. The summed E-state index contributed by atoms with van der Waals surface area (Å²) in [5.41, 5.74) is 1.85. The van der Waals surface area contributed by atoms with Crippen molar-refractivity contribution in [3.63, 3.8) is 0 Å². The van der Waals surface area contributed by atoms with E-state index in [4.69, 9.17) is 4.74 Å². The Morgan fingerprint density at radius 2 is 2.07 bits per heavy atom. The fourth-order valence-corrected chi connectivity index (χ4v) is 3.39. The van der Waals surface area contributed by atoms with Gasteiger partial charge in [0.15, 0.2) is 0 Å². The first kappa shape index (κ1) is 20.0. The fourth-order valence-electron chi connectivity index (χ4n) is 3.00. The number of hydrogen-bond donors (Lipinski definition) is 1. The van der Waals surface area contributed by atoms with Gasteiger partial charge in [0.25, 0.3) is 0 Å². The summed E-state index contributed by atoms with van der Waals surface area (Å²) in [5.74, 6) is 6.01. The van der Waals surface area contributed by atoms with Crippen molar-refractivity contribution in [2.24, 2.45) is 5.92 Å². The molecule has 1 fully saturated rings. The summed E-state index contributed by atoms with van der Waals surface area (Å²) < 4.78 is 6.49. The van der Waals surface area contributed by atoms with Gasteiger partial charge in [-0.2, -0.15) is 0 Å². The van der Waals surface area contributed by atoms with Crippen molar-refractivity contribution in [3.8, 4) is 17.6 Å². The van der Waals surface area contributed by atoms with Crippen molar-refractivity contribution in [2.45, 2.75) is 13.3 Å². The van der Waals surface area contributed by atoms with Gasteiger partial charge >= 0.3 is 0 Å². The van der Waals surface area contributed by atoms with Crippen molar-refractivity contribution in [1.82, 2.24) is 5.32 Å². The molecule has 1 saturated heterocycles. The van der Waals surface area contributed by atoms with Crippen LogP contribution in [0.3, 0.4) is 0 Å². The molecule has 2 aromatic rings. The third-order valence-corrected chi connectivity index (χ3v) is 4.98. The van der Waals surface area contributed by atoms with E-state index in [1.54, 1.807) is 4.90 Å². The van der Waals surface area contributed by atoms with E-state index in [1.807, 2.05) is 55.5 Å². The molecule has 1 aliphatic rings. The molecule has 144 valence electrons. The zero-order chi connectivity index (χ0) is 19.9. The van der Waals surface area contributed by atoms with Crippen LogP contribution in [0.15, 0.2) is 53.0 Å². The van der Waals surface area contributed by atoms with Gasteiger partial charge in [-0.05, 0) is 36.8 Å². The number of amides is 2. The van der Waals surface area contributed by atoms with Crippen LogP contribution in [-0.4, -0.2) is 31.5 Å². The topological polar surface area (TPSA) is 58.6 Å². The summed E-state index contributed by atoms with van der Waals surface area (Å²) in [5, 5.41) is 2.78. The monoisotopic (exact) mass is 440 g/mol. The number of nitrogens with one attached hydrogen (secondary N) is 1. The SMILES string of the molecule is Cc1ccccc1OCC#CCNC(=O)C1CC(=O)N(c2cccc(Br)c2)C1. The van der Waals surface area contributed by atoms with Crippen LogP contribution < -0.4 is 15.0 Å². The maximum absolute atomic E-state index is 12.3. The highest BCUT2D eigenvalue weighted by Crippen LogP contribution is 2.27. The Balaban J connectivity index is 1.45. The predicted molar refractivity (Wildman–Crippen MR) is 112 cm³/mol. The van der Waals surface area contributed by atoms with E-state index in [9.17, 15) is 9.59 Å². The number of hydrogen-bond acceptors (Lipinski definition) is 3. The summed E-state index contributed by atoms with van der Waals surface area (Å²) in [6.45, 7) is 2.85. The second kappa shape index (κ2) is 9.43. The zero-order valence-corrected chi connectivity index (χ0v) is 17.2. The van der Waals surface area contributed by atoms with E-state index in [1.165, 1.54) is 0 Å². The molecule has 0 saturated carbocycles. The maximum Gasteiger partial charge on any atom is 0.227 e. The van der Waals surface area contributed by atoms with Crippen molar-refractivity contribution in [3.05, 3.63) is 58.6 Å².